The van der Waals surface area contributed by atoms with E-state index in [-0.39, 0.29) is 11.4 Å². The minimum atomic E-state index is -0.259. The first-order chi connectivity index (χ1) is 16.0. The molecular formula is C24H22FIN4O2S. The molecule has 0 radical (unpaired) electrons. The van der Waals surface area contributed by atoms with E-state index in [1.807, 2.05) is 28.5 Å². The predicted octanol–water partition coefficient (Wildman–Crippen LogP) is 5.04. The number of rotatable bonds is 5. The third-order valence-corrected chi connectivity index (χ3v) is 7.64. The average molecular weight is 576 g/mol. The summed E-state index contributed by atoms with van der Waals surface area (Å²) >= 11 is 2.23. The Morgan fingerprint density at radius 3 is 2.73 bits per heavy atom. The molecule has 1 saturated heterocycles. The third-order valence-electron chi connectivity index (χ3n) is 5.94. The van der Waals surface area contributed by atoms with E-state index in [1.54, 1.807) is 29.8 Å². The maximum absolute atomic E-state index is 13.9. The van der Waals surface area contributed by atoms with Gasteiger partial charge in [0.05, 0.1) is 31.6 Å². The molecule has 1 fully saturated rings. The van der Waals surface area contributed by atoms with Crippen LogP contribution in [0.4, 0.5) is 10.1 Å². The van der Waals surface area contributed by atoms with Crippen molar-refractivity contribution in [3.63, 3.8) is 0 Å². The van der Waals surface area contributed by atoms with Gasteiger partial charge in [0.15, 0.2) is 5.65 Å². The Morgan fingerprint density at radius 1 is 1.18 bits per heavy atom. The lowest BCUT2D eigenvalue weighted by molar-refractivity contribution is 0.122. The van der Waals surface area contributed by atoms with Gasteiger partial charge in [-0.3, -0.25) is 8.77 Å². The van der Waals surface area contributed by atoms with Gasteiger partial charge in [0.1, 0.15) is 5.82 Å². The molecule has 1 aliphatic rings. The van der Waals surface area contributed by atoms with Gasteiger partial charge in [-0.15, -0.1) is 0 Å². The summed E-state index contributed by atoms with van der Waals surface area (Å²) in [6.45, 7) is 5.13. The SMILES string of the molecule is Cc1ccc(Cn2ccc(-c3cn(SI)c4ncc(N5CCOCC5)cc34)cc2=O)cc1F. The summed E-state index contributed by atoms with van der Waals surface area (Å²) in [4.78, 5) is 19.9. The highest BCUT2D eigenvalue weighted by atomic mass is 127. The summed E-state index contributed by atoms with van der Waals surface area (Å²) in [5.41, 5.74) is 4.93. The lowest BCUT2D eigenvalue weighted by atomic mass is 10.1. The highest BCUT2D eigenvalue weighted by molar-refractivity contribution is 14.2. The topological polar surface area (TPSA) is 52.3 Å². The number of halogens is 2. The Kier molecular flexibility index (Phi) is 6.44. The normalized spacial score (nSPS) is 14.2. The number of fused-ring (bicyclic) bond motifs is 1. The first kappa shape index (κ1) is 22.4. The second-order valence-corrected chi connectivity index (χ2v) is 9.78. The van der Waals surface area contributed by atoms with Gasteiger partial charge in [0, 0.05) is 72.8 Å². The van der Waals surface area contributed by atoms with Gasteiger partial charge in [-0.05, 0) is 41.8 Å². The highest BCUT2D eigenvalue weighted by Gasteiger charge is 2.17. The zero-order valence-corrected chi connectivity index (χ0v) is 21.0. The van der Waals surface area contributed by atoms with Gasteiger partial charge >= 0.3 is 0 Å². The maximum Gasteiger partial charge on any atom is 0.251 e. The molecule has 9 heteroatoms. The molecule has 0 unspecified atom stereocenters. The number of benzene rings is 1. The van der Waals surface area contributed by atoms with Crippen LogP contribution in [0.25, 0.3) is 22.2 Å². The van der Waals surface area contributed by atoms with Crippen molar-refractivity contribution >= 4 is 47.0 Å². The van der Waals surface area contributed by atoms with Crippen LogP contribution in [0.3, 0.4) is 0 Å². The molecule has 0 bridgehead atoms. The van der Waals surface area contributed by atoms with Crippen molar-refractivity contribution in [2.75, 3.05) is 31.2 Å². The standard InChI is InChI=1S/C24H22FIN4O2S/c1-16-2-3-17(10-22(16)25)14-29-5-4-18(11-23(29)31)21-15-30(33-26)24-20(21)12-19(13-27-24)28-6-8-32-9-7-28/h2-5,10-13,15H,6-9,14H2,1H3. The van der Waals surface area contributed by atoms with Crippen LogP contribution < -0.4 is 10.5 Å². The van der Waals surface area contributed by atoms with Crippen LogP contribution in [0.2, 0.25) is 0 Å². The maximum atomic E-state index is 13.9. The molecule has 1 aliphatic heterocycles. The fourth-order valence-electron chi connectivity index (χ4n) is 4.08. The zero-order chi connectivity index (χ0) is 22.9. The summed E-state index contributed by atoms with van der Waals surface area (Å²) < 4.78 is 23.0. The molecule has 0 spiro atoms. The van der Waals surface area contributed by atoms with Gasteiger partial charge in [-0.2, -0.15) is 0 Å². The zero-order valence-electron chi connectivity index (χ0n) is 18.0. The van der Waals surface area contributed by atoms with Crippen LogP contribution in [0.1, 0.15) is 11.1 Å². The molecular weight excluding hydrogens is 554 g/mol. The van der Waals surface area contributed by atoms with Crippen molar-refractivity contribution < 1.29 is 9.13 Å². The molecule has 4 aromatic rings. The Bertz CT molecular complexity index is 1380. The number of nitrogens with zero attached hydrogens (tertiary/aromatic N) is 4. The van der Waals surface area contributed by atoms with Crippen LogP contribution >= 0.6 is 30.3 Å². The smallest absolute Gasteiger partial charge is 0.251 e. The summed E-state index contributed by atoms with van der Waals surface area (Å²) in [5, 5.41) is 1.00. The lowest BCUT2D eigenvalue weighted by Crippen LogP contribution is -2.36. The van der Waals surface area contributed by atoms with Gasteiger partial charge in [0.25, 0.3) is 5.56 Å². The molecule has 0 aliphatic carbocycles. The van der Waals surface area contributed by atoms with Gasteiger partial charge < -0.3 is 14.2 Å². The summed E-state index contributed by atoms with van der Waals surface area (Å²) in [6, 6.07) is 10.8. The summed E-state index contributed by atoms with van der Waals surface area (Å²) in [5.74, 6) is -0.259. The van der Waals surface area contributed by atoms with Gasteiger partial charge in [-0.1, -0.05) is 12.1 Å². The third kappa shape index (κ3) is 4.53. The molecule has 170 valence electrons. The molecule has 33 heavy (non-hydrogen) atoms. The Morgan fingerprint density at radius 2 is 2.00 bits per heavy atom. The average Bonchev–Trinajstić information content (AvgIpc) is 3.21. The summed E-state index contributed by atoms with van der Waals surface area (Å²) in [7, 11) is 1.54. The molecule has 6 nitrogen and oxygen atoms in total. The molecule has 0 amide bonds. The minimum absolute atomic E-state index is 0.131. The minimum Gasteiger partial charge on any atom is -0.378 e. The monoisotopic (exact) mass is 576 g/mol. The van der Waals surface area contributed by atoms with E-state index in [0.717, 1.165) is 46.5 Å². The van der Waals surface area contributed by atoms with Crippen molar-refractivity contribution in [1.29, 1.82) is 0 Å². The number of anilines is 1. The van der Waals surface area contributed by atoms with Crippen molar-refractivity contribution in [2.45, 2.75) is 13.5 Å². The predicted molar refractivity (Wildman–Crippen MR) is 140 cm³/mol. The van der Waals surface area contributed by atoms with E-state index in [0.29, 0.717) is 25.3 Å². The molecule has 3 aromatic heterocycles. The Hall–Kier alpha value is -2.37. The molecule has 1 aromatic carbocycles. The van der Waals surface area contributed by atoms with Crippen molar-refractivity contribution in [3.05, 3.63) is 82.3 Å². The fourth-order valence-corrected chi connectivity index (χ4v) is 5.34. The number of hydrogen-bond donors (Lipinski definition) is 0. The number of aromatic nitrogens is 3. The highest BCUT2D eigenvalue weighted by Crippen LogP contribution is 2.35. The van der Waals surface area contributed by atoms with Crippen molar-refractivity contribution in [3.8, 4) is 11.1 Å². The van der Waals surface area contributed by atoms with Crippen LogP contribution in [0.5, 0.6) is 0 Å². The van der Waals surface area contributed by atoms with Gasteiger partial charge in [-0.25, -0.2) is 9.37 Å². The number of aryl methyl sites for hydroxylation is 1. The summed E-state index contributed by atoms with van der Waals surface area (Å²) in [6.07, 6.45) is 5.70. The molecule has 5 rings (SSSR count). The van der Waals surface area contributed by atoms with E-state index < -0.39 is 0 Å². The second-order valence-electron chi connectivity index (χ2n) is 8.07. The molecule has 0 atom stereocenters. The number of morpholine rings is 1. The van der Waals surface area contributed by atoms with Crippen LogP contribution in [-0.4, -0.2) is 39.8 Å². The first-order valence-corrected chi connectivity index (χ1v) is 13.9. The van der Waals surface area contributed by atoms with E-state index in [1.165, 1.54) is 15.2 Å². The Balaban J connectivity index is 1.51. The van der Waals surface area contributed by atoms with Crippen LogP contribution in [0, 0.1) is 12.7 Å². The van der Waals surface area contributed by atoms with E-state index in [2.05, 4.69) is 32.2 Å². The second kappa shape index (κ2) is 9.47. The van der Waals surface area contributed by atoms with E-state index in [9.17, 15) is 9.18 Å². The lowest BCUT2D eigenvalue weighted by Gasteiger charge is -2.28. The van der Waals surface area contributed by atoms with Gasteiger partial charge in [0.2, 0.25) is 0 Å². The molecule has 4 heterocycles. The van der Waals surface area contributed by atoms with Crippen molar-refractivity contribution in [2.24, 2.45) is 0 Å². The number of ether oxygens (including phenoxy) is 1. The van der Waals surface area contributed by atoms with E-state index in [4.69, 9.17) is 9.72 Å². The van der Waals surface area contributed by atoms with Crippen LogP contribution in [-0.2, 0) is 11.3 Å². The molecule has 0 saturated carbocycles. The first-order valence-electron chi connectivity index (χ1n) is 10.6. The fraction of sp³-hybridized carbons (Fsp3) is 0.250. The Labute approximate surface area is 207 Å². The van der Waals surface area contributed by atoms with Crippen molar-refractivity contribution in [1.82, 2.24) is 13.5 Å². The number of hydrogen-bond acceptors (Lipinski definition) is 5. The number of pyridine rings is 2. The quantitative estimate of drug-likeness (QED) is 0.312. The van der Waals surface area contributed by atoms with E-state index >= 15 is 0 Å². The van der Waals surface area contributed by atoms with Crippen LogP contribution in [0.15, 0.2) is 59.8 Å². The molecule has 0 N–H and O–H groups in total. The largest absolute Gasteiger partial charge is 0.378 e.